The molecule has 0 radical (unpaired) electrons. The fourth-order valence-electron chi connectivity index (χ4n) is 2.20. The predicted molar refractivity (Wildman–Crippen MR) is 87.0 cm³/mol. The second kappa shape index (κ2) is 6.79. The van der Waals surface area contributed by atoms with Gasteiger partial charge in [-0.05, 0) is 29.1 Å². The highest BCUT2D eigenvalue weighted by Crippen LogP contribution is 2.21. The third-order valence-corrected chi connectivity index (χ3v) is 4.35. The molecule has 0 fully saturated rings. The molecule has 124 valence electrons. The van der Waals surface area contributed by atoms with Gasteiger partial charge in [-0.15, -0.1) is 11.3 Å². The summed E-state index contributed by atoms with van der Waals surface area (Å²) in [6, 6.07) is 9.53. The molecule has 0 aliphatic rings. The van der Waals surface area contributed by atoms with Gasteiger partial charge in [-0.3, -0.25) is 9.32 Å². The van der Waals surface area contributed by atoms with E-state index in [1.165, 1.54) is 32.9 Å². The zero-order valence-corrected chi connectivity index (χ0v) is 13.6. The summed E-state index contributed by atoms with van der Waals surface area (Å²) in [5.41, 5.74) is 0.795. The lowest BCUT2D eigenvalue weighted by Crippen LogP contribution is -2.32. The van der Waals surface area contributed by atoms with Crippen LogP contribution in [0.3, 0.4) is 0 Å². The van der Waals surface area contributed by atoms with Crippen LogP contribution in [0.2, 0.25) is 0 Å². The Labute approximate surface area is 140 Å². The molecule has 24 heavy (non-hydrogen) atoms. The summed E-state index contributed by atoms with van der Waals surface area (Å²) in [6.07, 6.45) is 0. The summed E-state index contributed by atoms with van der Waals surface area (Å²) < 4.78 is 18.8. The molecule has 8 heteroatoms. The van der Waals surface area contributed by atoms with Crippen LogP contribution in [-0.4, -0.2) is 27.6 Å². The number of halogens is 1. The lowest BCUT2D eigenvalue weighted by Gasteiger charge is -2.17. The molecular formula is C16H14FN3O3S. The Morgan fingerprint density at radius 1 is 1.33 bits per heavy atom. The van der Waals surface area contributed by atoms with Crippen LogP contribution in [0.25, 0.3) is 10.7 Å². The van der Waals surface area contributed by atoms with Crippen molar-refractivity contribution in [1.29, 1.82) is 0 Å². The third kappa shape index (κ3) is 3.43. The molecule has 0 unspecified atom stereocenters. The van der Waals surface area contributed by atoms with Gasteiger partial charge in [0.15, 0.2) is 5.82 Å². The molecule has 0 aliphatic carbocycles. The first-order valence-corrected chi connectivity index (χ1v) is 8.01. The summed E-state index contributed by atoms with van der Waals surface area (Å²) in [7, 11) is 1.62. The number of aromatic nitrogens is 2. The standard InChI is InChI=1S/C16H14FN3O3S/c1-19(9-11-4-6-12(17)7-5-11)14(21)10-20-15(18-23-16(20)22)13-3-2-8-24-13/h2-8H,9-10H2,1H3. The minimum absolute atomic E-state index is 0.173. The normalized spacial score (nSPS) is 10.8. The Balaban J connectivity index is 1.74. The maximum absolute atomic E-state index is 12.9. The molecule has 0 N–H and O–H groups in total. The average Bonchev–Trinajstić information content (AvgIpc) is 3.20. The number of nitrogens with zero attached hydrogens (tertiary/aromatic N) is 3. The van der Waals surface area contributed by atoms with Crippen LogP contribution >= 0.6 is 11.3 Å². The van der Waals surface area contributed by atoms with Crippen molar-refractivity contribution >= 4 is 17.2 Å². The van der Waals surface area contributed by atoms with Crippen molar-refractivity contribution in [3.05, 3.63) is 63.7 Å². The Hall–Kier alpha value is -2.74. The van der Waals surface area contributed by atoms with Crippen LogP contribution in [0, 0.1) is 5.82 Å². The van der Waals surface area contributed by atoms with E-state index in [2.05, 4.69) is 9.68 Å². The third-order valence-electron chi connectivity index (χ3n) is 3.48. The number of carbonyl (C=O) groups is 1. The van der Waals surface area contributed by atoms with E-state index in [-0.39, 0.29) is 18.3 Å². The Bertz CT molecular complexity index is 884. The number of likely N-dealkylation sites (N-methyl/N-ethyl adjacent to an activating group) is 1. The van der Waals surface area contributed by atoms with Gasteiger partial charge in [0.25, 0.3) is 0 Å². The van der Waals surface area contributed by atoms with Gasteiger partial charge in [0.2, 0.25) is 5.91 Å². The quantitative estimate of drug-likeness (QED) is 0.710. The molecule has 0 atom stereocenters. The zero-order valence-electron chi connectivity index (χ0n) is 12.8. The number of rotatable bonds is 5. The Morgan fingerprint density at radius 3 is 2.75 bits per heavy atom. The molecule has 2 heterocycles. The van der Waals surface area contributed by atoms with Gasteiger partial charge >= 0.3 is 5.76 Å². The monoisotopic (exact) mass is 347 g/mol. The summed E-state index contributed by atoms with van der Waals surface area (Å²) in [4.78, 5) is 26.4. The first-order valence-electron chi connectivity index (χ1n) is 7.13. The van der Waals surface area contributed by atoms with E-state index in [1.54, 1.807) is 25.2 Å². The fourth-order valence-corrected chi connectivity index (χ4v) is 2.91. The zero-order chi connectivity index (χ0) is 17.1. The largest absolute Gasteiger partial charge is 0.442 e. The maximum atomic E-state index is 12.9. The number of carbonyl (C=O) groups excluding carboxylic acids is 1. The van der Waals surface area contributed by atoms with Gasteiger partial charge in [0, 0.05) is 13.6 Å². The SMILES string of the molecule is CN(Cc1ccc(F)cc1)C(=O)Cn1c(-c2cccs2)noc1=O. The van der Waals surface area contributed by atoms with E-state index >= 15 is 0 Å². The van der Waals surface area contributed by atoms with Crippen LogP contribution in [0.1, 0.15) is 5.56 Å². The van der Waals surface area contributed by atoms with Crippen molar-refractivity contribution in [2.24, 2.45) is 0 Å². The highest BCUT2D eigenvalue weighted by Gasteiger charge is 2.18. The molecule has 6 nitrogen and oxygen atoms in total. The Morgan fingerprint density at radius 2 is 2.08 bits per heavy atom. The lowest BCUT2D eigenvalue weighted by molar-refractivity contribution is -0.131. The first-order chi connectivity index (χ1) is 11.5. The second-order valence-corrected chi connectivity index (χ2v) is 6.16. The van der Waals surface area contributed by atoms with E-state index in [4.69, 9.17) is 0 Å². The number of thiophene rings is 1. The molecule has 0 saturated carbocycles. The molecular weight excluding hydrogens is 333 g/mol. The molecule has 1 amide bonds. The molecule has 2 aromatic heterocycles. The highest BCUT2D eigenvalue weighted by molar-refractivity contribution is 7.13. The number of hydrogen-bond acceptors (Lipinski definition) is 5. The number of benzene rings is 1. The van der Waals surface area contributed by atoms with Gasteiger partial charge in [0.1, 0.15) is 12.4 Å². The maximum Gasteiger partial charge on any atom is 0.442 e. The van der Waals surface area contributed by atoms with Gasteiger partial charge in [0.05, 0.1) is 4.88 Å². The average molecular weight is 347 g/mol. The van der Waals surface area contributed by atoms with Crippen molar-refractivity contribution in [3.8, 4) is 10.7 Å². The predicted octanol–water partition coefficient (Wildman–Crippen LogP) is 2.36. The highest BCUT2D eigenvalue weighted by atomic mass is 32.1. The topological polar surface area (TPSA) is 68.3 Å². The van der Waals surface area contributed by atoms with Crippen molar-refractivity contribution in [1.82, 2.24) is 14.6 Å². The molecule has 0 spiro atoms. The van der Waals surface area contributed by atoms with E-state index < -0.39 is 5.76 Å². The summed E-state index contributed by atoms with van der Waals surface area (Å²) in [5, 5.41) is 5.59. The number of hydrogen-bond donors (Lipinski definition) is 0. The van der Waals surface area contributed by atoms with E-state index in [1.807, 2.05) is 11.4 Å². The van der Waals surface area contributed by atoms with Gasteiger partial charge < -0.3 is 4.90 Å². The van der Waals surface area contributed by atoms with Crippen molar-refractivity contribution < 1.29 is 13.7 Å². The Kier molecular flexibility index (Phi) is 4.57. The van der Waals surface area contributed by atoms with Crippen molar-refractivity contribution in [2.75, 3.05) is 7.05 Å². The van der Waals surface area contributed by atoms with E-state index in [0.29, 0.717) is 12.4 Å². The van der Waals surface area contributed by atoms with Crippen LogP contribution in [-0.2, 0) is 17.9 Å². The molecule has 0 saturated heterocycles. The van der Waals surface area contributed by atoms with Crippen LogP contribution in [0.4, 0.5) is 4.39 Å². The van der Waals surface area contributed by atoms with Gasteiger partial charge in [-0.25, -0.2) is 13.8 Å². The van der Waals surface area contributed by atoms with Crippen LogP contribution in [0.15, 0.2) is 51.1 Å². The smallest absolute Gasteiger partial charge is 0.340 e. The molecule has 3 rings (SSSR count). The lowest BCUT2D eigenvalue weighted by atomic mass is 10.2. The second-order valence-electron chi connectivity index (χ2n) is 5.21. The minimum atomic E-state index is -0.679. The molecule has 0 aliphatic heterocycles. The minimum Gasteiger partial charge on any atom is -0.340 e. The van der Waals surface area contributed by atoms with Crippen LogP contribution in [0.5, 0.6) is 0 Å². The fraction of sp³-hybridized carbons (Fsp3) is 0.188. The van der Waals surface area contributed by atoms with Crippen molar-refractivity contribution in [3.63, 3.8) is 0 Å². The molecule has 0 bridgehead atoms. The first kappa shape index (κ1) is 16.1. The summed E-state index contributed by atoms with van der Waals surface area (Å²) in [5.74, 6) is -0.952. The van der Waals surface area contributed by atoms with E-state index in [0.717, 1.165) is 10.4 Å². The van der Waals surface area contributed by atoms with E-state index in [9.17, 15) is 14.0 Å². The number of amides is 1. The molecule has 3 aromatic rings. The summed E-state index contributed by atoms with van der Waals surface area (Å²) in [6.45, 7) is 0.140. The van der Waals surface area contributed by atoms with Crippen LogP contribution < -0.4 is 5.76 Å². The van der Waals surface area contributed by atoms with Gasteiger partial charge in [-0.2, -0.15) is 0 Å². The molecule has 1 aromatic carbocycles. The summed E-state index contributed by atoms with van der Waals surface area (Å²) >= 11 is 1.40. The van der Waals surface area contributed by atoms with Gasteiger partial charge in [-0.1, -0.05) is 23.4 Å². The van der Waals surface area contributed by atoms with Crippen molar-refractivity contribution in [2.45, 2.75) is 13.1 Å².